The van der Waals surface area contributed by atoms with Gasteiger partial charge in [0.05, 0.1) is 13.2 Å². The van der Waals surface area contributed by atoms with E-state index >= 15 is 4.57 Å². The van der Waals surface area contributed by atoms with Crippen LogP contribution in [0.15, 0.2) is 191 Å². The molecule has 0 unspecified atom stereocenters. The third-order valence-corrected chi connectivity index (χ3v) is 22.3. The summed E-state index contributed by atoms with van der Waals surface area (Å²) < 4.78 is 65.8. The Balaban J connectivity index is 1.79. The third-order valence-electron chi connectivity index (χ3n) is 8.18. The minimum Gasteiger partial charge on any atom is -0.399 e. The van der Waals surface area contributed by atoms with Crippen molar-refractivity contribution in [2.75, 3.05) is 19.1 Å². The van der Waals surface area contributed by atoms with Gasteiger partial charge in [0, 0.05) is 20.0 Å². The average molecular weight is 783 g/mol. The van der Waals surface area contributed by atoms with E-state index in [1.165, 1.54) is 0 Å². The van der Waals surface area contributed by atoms with Crippen molar-refractivity contribution >= 4 is 50.8 Å². The second kappa shape index (κ2) is 17.7. The maximum Gasteiger partial charge on any atom is 0.562 e. The van der Waals surface area contributed by atoms with E-state index in [1.807, 2.05) is 133 Å². The molecule has 272 valence electrons. The fourth-order valence-electron chi connectivity index (χ4n) is 5.96. The smallest absolute Gasteiger partial charge is 0.399 e. The zero-order chi connectivity index (χ0) is 37.0. The van der Waals surface area contributed by atoms with Crippen LogP contribution < -0.4 is 30.3 Å². The van der Waals surface area contributed by atoms with Gasteiger partial charge in [-0.15, -0.1) is 0 Å². The second-order valence-corrected chi connectivity index (χ2v) is 22.2. The average Bonchev–Trinajstić information content (AvgIpc) is 3.19. The van der Waals surface area contributed by atoms with Crippen LogP contribution in [0, 0.1) is 0 Å². The molecule has 0 saturated heterocycles. The highest BCUT2D eigenvalue weighted by Crippen LogP contribution is 2.71. The molecule has 6 rings (SSSR count). The highest BCUT2D eigenvalue weighted by atomic mass is 31.2. The molecule has 0 aliphatic rings. The van der Waals surface area contributed by atoms with E-state index in [1.54, 1.807) is 62.4 Å². The van der Waals surface area contributed by atoms with Gasteiger partial charge in [-0.3, -0.25) is 9.05 Å². The van der Waals surface area contributed by atoms with Crippen LogP contribution in [-0.4, -0.2) is 19.1 Å². The highest BCUT2D eigenvalue weighted by molar-refractivity contribution is 7.98. The van der Waals surface area contributed by atoms with Crippen LogP contribution in [0.2, 0.25) is 0 Å². The Morgan fingerprint density at radius 3 is 0.943 bits per heavy atom. The Bertz CT molecular complexity index is 2120. The predicted molar refractivity (Wildman–Crippen MR) is 220 cm³/mol. The molecule has 0 amide bonds. The standard InChI is InChI=1S/C41H42N2O6P4/c1-3-46-52(44,47-4-2)42-50(38-27-15-7-16-28-38,39-29-17-8-18-30-39)35-51(40-31-19-9-20-32-40,41-33-21-10-22-34-41)43-53(45,48-36-23-11-5-12-24-36)49-37-25-13-6-14-26-37/h5-34H,3-4,35H2,1-2H3. The molecule has 0 bridgehead atoms. The third kappa shape index (κ3) is 9.29. The first-order valence-electron chi connectivity index (χ1n) is 17.3. The van der Waals surface area contributed by atoms with Crippen molar-refractivity contribution < 1.29 is 27.2 Å². The molecule has 12 heteroatoms. The molecule has 0 N–H and O–H groups in total. The van der Waals surface area contributed by atoms with Crippen LogP contribution in [0.4, 0.5) is 0 Å². The SMILES string of the molecule is CCOP(=O)(N=P(CP(=NP(=O)(Oc1ccccc1)Oc1ccccc1)(c1ccccc1)c1ccccc1)(c1ccccc1)c1ccccc1)OCC. The van der Waals surface area contributed by atoms with Gasteiger partial charge >= 0.3 is 15.5 Å². The van der Waals surface area contributed by atoms with Crippen molar-refractivity contribution in [1.82, 2.24) is 0 Å². The summed E-state index contributed by atoms with van der Waals surface area (Å²) >= 11 is 0. The largest absolute Gasteiger partial charge is 0.562 e. The van der Waals surface area contributed by atoms with Gasteiger partial charge in [-0.2, -0.15) is 9.03 Å². The van der Waals surface area contributed by atoms with Crippen LogP contribution in [0.5, 0.6) is 11.5 Å². The summed E-state index contributed by atoms with van der Waals surface area (Å²) in [5, 5.41) is 3.29. The molecule has 0 aliphatic carbocycles. The molecule has 0 fully saturated rings. The lowest BCUT2D eigenvalue weighted by molar-refractivity contribution is 0.221. The highest BCUT2D eigenvalue weighted by Gasteiger charge is 2.43. The van der Waals surface area contributed by atoms with Gasteiger partial charge < -0.3 is 9.05 Å². The van der Waals surface area contributed by atoms with Gasteiger partial charge in [0.2, 0.25) is 0 Å². The van der Waals surface area contributed by atoms with E-state index in [0.717, 1.165) is 21.2 Å². The molecular weight excluding hydrogens is 740 g/mol. The van der Waals surface area contributed by atoms with Gasteiger partial charge in [0.25, 0.3) is 0 Å². The molecule has 0 atom stereocenters. The summed E-state index contributed by atoms with van der Waals surface area (Å²) in [4.78, 5) is 0. The van der Waals surface area contributed by atoms with Crippen molar-refractivity contribution in [3.05, 3.63) is 182 Å². The Morgan fingerprint density at radius 2 is 0.660 bits per heavy atom. The van der Waals surface area contributed by atoms with Crippen molar-refractivity contribution in [3.8, 4) is 11.5 Å². The monoisotopic (exact) mass is 782 g/mol. The van der Waals surface area contributed by atoms with Crippen LogP contribution >= 0.6 is 29.6 Å². The normalized spacial score (nSPS) is 12.1. The van der Waals surface area contributed by atoms with E-state index in [4.69, 9.17) is 27.1 Å². The maximum absolute atomic E-state index is 15.7. The summed E-state index contributed by atoms with van der Waals surface area (Å²) in [6.45, 7) is 3.78. The molecule has 0 heterocycles. The van der Waals surface area contributed by atoms with Crippen molar-refractivity contribution in [2.24, 2.45) is 9.03 Å². The summed E-state index contributed by atoms with van der Waals surface area (Å²) in [6, 6.07) is 57.1. The lowest BCUT2D eigenvalue weighted by atomic mass is 10.3. The molecule has 0 spiro atoms. The van der Waals surface area contributed by atoms with Gasteiger partial charge in [-0.1, -0.05) is 158 Å². The van der Waals surface area contributed by atoms with Crippen molar-refractivity contribution in [2.45, 2.75) is 13.8 Å². The lowest BCUT2D eigenvalue weighted by Gasteiger charge is -2.35. The summed E-state index contributed by atoms with van der Waals surface area (Å²) in [7, 11) is -15.1. The van der Waals surface area contributed by atoms with Crippen LogP contribution in [0.1, 0.15) is 13.8 Å². The minimum atomic E-state index is -4.44. The zero-order valence-corrected chi connectivity index (χ0v) is 33.2. The molecule has 53 heavy (non-hydrogen) atoms. The maximum atomic E-state index is 15.7. The first-order valence-corrected chi connectivity index (χ1v) is 24.1. The molecule has 6 aromatic carbocycles. The molecule has 0 aromatic heterocycles. The summed E-state index contributed by atoms with van der Waals surface area (Å²) in [5.41, 5.74) is 0. The van der Waals surface area contributed by atoms with Crippen LogP contribution in [0.25, 0.3) is 0 Å². The van der Waals surface area contributed by atoms with Crippen LogP contribution in [0.3, 0.4) is 0 Å². The lowest BCUT2D eigenvalue weighted by Crippen LogP contribution is -2.26. The number of rotatable bonds is 16. The van der Waals surface area contributed by atoms with Crippen molar-refractivity contribution in [1.29, 1.82) is 0 Å². The molecule has 0 radical (unpaired) electrons. The fourth-order valence-corrected chi connectivity index (χ4v) is 22.6. The van der Waals surface area contributed by atoms with Gasteiger partial charge in [-0.05, 0) is 59.3 Å². The Hall–Kier alpha value is -4.24. The molecule has 0 aliphatic heterocycles. The topological polar surface area (TPSA) is 95.8 Å². The Kier molecular flexibility index (Phi) is 12.9. The van der Waals surface area contributed by atoms with Gasteiger partial charge in [0.1, 0.15) is 11.5 Å². The minimum absolute atomic E-state index is 0.122. The second-order valence-electron chi connectivity index (χ2n) is 11.8. The summed E-state index contributed by atoms with van der Waals surface area (Å²) in [6.07, 6.45) is 0. The Morgan fingerprint density at radius 1 is 0.396 bits per heavy atom. The van der Waals surface area contributed by atoms with E-state index in [-0.39, 0.29) is 19.1 Å². The van der Waals surface area contributed by atoms with E-state index < -0.39 is 29.6 Å². The molecule has 6 aromatic rings. The Labute approximate surface area is 312 Å². The first kappa shape index (κ1) is 38.5. The van der Waals surface area contributed by atoms with Crippen molar-refractivity contribution in [3.63, 3.8) is 0 Å². The van der Waals surface area contributed by atoms with E-state index in [9.17, 15) is 4.57 Å². The van der Waals surface area contributed by atoms with Gasteiger partial charge in [-0.25, -0.2) is 9.13 Å². The molecule has 8 nitrogen and oxygen atoms in total. The number of para-hydroxylation sites is 2. The number of hydrogen-bond acceptors (Lipinski definition) is 6. The van der Waals surface area contributed by atoms with Gasteiger partial charge in [0.15, 0.2) is 0 Å². The fraction of sp³-hybridized carbons (Fsp3) is 0.122. The number of benzene rings is 6. The molecular formula is C41H42N2O6P4. The quantitative estimate of drug-likeness (QED) is 0.0907. The molecule has 0 saturated carbocycles. The van der Waals surface area contributed by atoms with Crippen LogP contribution in [-0.2, 0) is 18.2 Å². The number of hydrogen-bond donors (Lipinski definition) is 0. The predicted octanol–water partition coefficient (Wildman–Crippen LogP) is 11.1. The number of nitrogens with zero attached hydrogens (tertiary/aromatic N) is 2. The van der Waals surface area contributed by atoms with E-state index in [0.29, 0.717) is 11.5 Å². The first-order chi connectivity index (χ1) is 25.8. The summed E-state index contributed by atoms with van der Waals surface area (Å²) in [5.74, 6) is 0.861. The zero-order valence-electron chi connectivity index (χ0n) is 29.6. The van der Waals surface area contributed by atoms with E-state index in [2.05, 4.69) is 0 Å².